The highest BCUT2D eigenvalue weighted by atomic mass is 16.5. The van der Waals surface area contributed by atoms with Crippen molar-refractivity contribution in [1.29, 1.82) is 0 Å². The van der Waals surface area contributed by atoms with Crippen molar-refractivity contribution in [3.8, 4) is 0 Å². The number of nitrogens with zero attached hydrogens (tertiary/aromatic N) is 5. The Morgan fingerprint density at radius 2 is 2.17 bits per heavy atom. The molecule has 0 saturated carbocycles. The van der Waals surface area contributed by atoms with E-state index in [1.807, 2.05) is 31.2 Å². The molecule has 0 spiro atoms. The van der Waals surface area contributed by atoms with E-state index in [-0.39, 0.29) is 6.61 Å². The number of ether oxygens (including phenoxy) is 1. The highest BCUT2D eigenvalue weighted by Gasteiger charge is 2.18. The Hall–Kier alpha value is -3.29. The minimum Gasteiger partial charge on any atom is -0.452 e. The number of oxazole rings is 1. The molecule has 3 heterocycles. The van der Waals surface area contributed by atoms with Crippen molar-refractivity contribution in [2.24, 2.45) is 0 Å². The second-order valence-electron chi connectivity index (χ2n) is 5.10. The molecule has 0 radical (unpaired) electrons. The number of rotatable bonds is 4. The molecule has 120 valence electrons. The average molecular weight is 323 g/mol. The highest BCUT2D eigenvalue weighted by Crippen LogP contribution is 2.16. The molecule has 8 nitrogen and oxygen atoms in total. The lowest BCUT2D eigenvalue weighted by atomic mass is 10.2. The molecular weight excluding hydrogens is 310 g/mol. The molecule has 3 aromatic heterocycles. The number of hydrogen-bond donors (Lipinski definition) is 0. The molecule has 8 heteroatoms. The second-order valence-corrected chi connectivity index (χ2v) is 5.10. The standard InChI is InChI=1S/C16H13N5O3/c1-2-12-10(7-17-16-18-9-19-21(12)16)15(22)23-8-14-20-11-5-3-4-6-13(11)24-14/h3-7,9H,2,8H2,1H3. The molecule has 0 N–H and O–H groups in total. The monoisotopic (exact) mass is 323 g/mol. The third-order valence-corrected chi connectivity index (χ3v) is 3.63. The summed E-state index contributed by atoms with van der Waals surface area (Å²) in [6.45, 7) is 1.88. The van der Waals surface area contributed by atoms with Crippen molar-refractivity contribution >= 4 is 22.8 Å². The number of hydrogen-bond acceptors (Lipinski definition) is 7. The number of fused-ring (bicyclic) bond motifs is 2. The summed E-state index contributed by atoms with van der Waals surface area (Å²) >= 11 is 0. The summed E-state index contributed by atoms with van der Waals surface area (Å²) in [5, 5.41) is 4.08. The van der Waals surface area contributed by atoms with E-state index in [2.05, 4.69) is 20.1 Å². The number of carbonyl (C=O) groups excluding carboxylic acids is 1. The maximum Gasteiger partial charge on any atom is 0.342 e. The van der Waals surface area contributed by atoms with Gasteiger partial charge in [0.05, 0.1) is 11.3 Å². The topological polar surface area (TPSA) is 95.4 Å². The van der Waals surface area contributed by atoms with Crippen LogP contribution in [0.1, 0.15) is 28.9 Å². The number of benzene rings is 1. The van der Waals surface area contributed by atoms with Crippen LogP contribution in [-0.2, 0) is 17.8 Å². The third kappa shape index (κ3) is 2.37. The average Bonchev–Trinajstić information content (AvgIpc) is 3.24. The smallest absolute Gasteiger partial charge is 0.342 e. The summed E-state index contributed by atoms with van der Waals surface area (Å²) < 4.78 is 12.4. The van der Waals surface area contributed by atoms with E-state index in [4.69, 9.17) is 9.15 Å². The Bertz CT molecular complexity index is 1000. The summed E-state index contributed by atoms with van der Waals surface area (Å²) in [5.41, 5.74) is 2.43. The largest absolute Gasteiger partial charge is 0.452 e. The van der Waals surface area contributed by atoms with Gasteiger partial charge in [-0.1, -0.05) is 19.1 Å². The van der Waals surface area contributed by atoms with Gasteiger partial charge in [-0.3, -0.25) is 0 Å². The molecule has 0 amide bonds. The van der Waals surface area contributed by atoms with Crippen molar-refractivity contribution in [2.75, 3.05) is 0 Å². The maximum absolute atomic E-state index is 12.4. The van der Waals surface area contributed by atoms with E-state index in [9.17, 15) is 4.79 Å². The van der Waals surface area contributed by atoms with Gasteiger partial charge in [0.15, 0.2) is 12.2 Å². The summed E-state index contributed by atoms with van der Waals surface area (Å²) in [6, 6.07) is 7.37. The lowest BCUT2D eigenvalue weighted by molar-refractivity contribution is 0.0437. The molecule has 4 rings (SSSR count). The Balaban J connectivity index is 1.57. The van der Waals surface area contributed by atoms with E-state index in [1.165, 1.54) is 17.0 Å². The fraction of sp³-hybridized carbons (Fsp3) is 0.188. The minimum absolute atomic E-state index is 0.0495. The molecule has 0 unspecified atom stereocenters. The number of esters is 1. The predicted molar refractivity (Wildman–Crippen MR) is 83.3 cm³/mol. The first-order valence-corrected chi connectivity index (χ1v) is 7.45. The SMILES string of the molecule is CCc1c(C(=O)OCc2nc3ccccc3o2)cnc2ncnn12. The Morgan fingerprint density at radius 3 is 3.00 bits per heavy atom. The van der Waals surface area contributed by atoms with Gasteiger partial charge in [-0.2, -0.15) is 10.1 Å². The van der Waals surface area contributed by atoms with Crippen LogP contribution in [0.2, 0.25) is 0 Å². The van der Waals surface area contributed by atoms with Gasteiger partial charge >= 0.3 is 5.97 Å². The van der Waals surface area contributed by atoms with Crippen LogP contribution in [0.3, 0.4) is 0 Å². The summed E-state index contributed by atoms with van der Waals surface area (Å²) in [5.74, 6) is 0.291. The molecule has 0 saturated heterocycles. The Labute approximate surface area is 136 Å². The van der Waals surface area contributed by atoms with Crippen LogP contribution >= 0.6 is 0 Å². The Kier molecular flexibility index (Phi) is 3.42. The van der Waals surface area contributed by atoms with Gasteiger partial charge in [-0.15, -0.1) is 0 Å². The molecule has 0 fully saturated rings. The van der Waals surface area contributed by atoms with E-state index < -0.39 is 5.97 Å². The van der Waals surface area contributed by atoms with Crippen LogP contribution in [-0.4, -0.2) is 30.5 Å². The normalized spacial score (nSPS) is 11.2. The van der Waals surface area contributed by atoms with E-state index in [0.717, 1.165) is 5.52 Å². The molecule has 0 atom stereocenters. The quantitative estimate of drug-likeness (QED) is 0.531. The minimum atomic E-state index is -0.501. The highest BCUT2D eigenvalue weighted by molar-refractivity contribution is 5.90. The summed E-state index contributed by atoms with van der Waals surface area (Å²) in [4.78, 5) is 24.8. The first kappa shape index (κ1) is 14.3. The number of carbonyl (C=O) groups is 1. The first-order valence-electron chi connectivity index (χ1n) is 7.45. The summed E-state index contributed by atoms with van der Waals surface area (Å²) in [6.07, 6.45) is 3.45. The number of aromatic nitrogens is 5. The lowest BCUT2D eigenvalue weighted by Gasteiger charge is -2.07. The van der Waals surface area contributed by atoms with Gasteiger partial charge in [0, 0.05) is 6.20 Å². The van der Waals surface area contributed by atoms with Crippen LogP contribution in [0.5, 0.6) is 0 Å². The molecule has 1 aromatic carbocycles. The second kappa shape index (κ2) is 5.73. The molecule has 0 aliphatic rings. The van der Waals surface area contributed by atoms with Crippen molar-refractivity contribution < 1.29 is 13.9 Å². The predicted octanol–water partition coefficient (Wildman–Crippen LogP) is 2.18. The Morgan fingerprint density at radius 1 is 1.29 bits per heavy atom. The molecule has 0 aliphatic carbocycles. The third-order valence-electron chi connectivity index (χ3n) is 3.63. The first-order chi connectivity index (χ1) is 11.8. The lowest BCUT2D eigenvalue weighted by Crippen LogP contribution is -2.13. The maximum atomic E-state index is 12.4. The van der Waals surface area contributed by atoms with Gasteiger partial charge < -0.3 is 9.15 Å². The van der Waals surface area contributed by atoms with Crippen LogP contribution < -0.4 is 0 Å². The number of aryl methyl sites for hydroxylation is 1. The van der Waals surface area contributed by atoms with Crippen LogP contribution in [0.15, 0.2) is 41.2 Å². The van der Waals surface area contributed by atoms with Gasteiger partial charge in [0.25, 0.3) is 5.78 Å². The molecule has 4 aromatic rings. The fourth-order valence-electron chi connectivity index (χ4n) is 2.52. The van der Waals surface area contributed by atoms with Gasteiger partial charge in [0.2, 0.25) is 5.89 Å². The molecule has 24 heavy (non-hydrogen) atoms. The van der Waals surface area contributed by atoms with Crippen LogP contribution in [0, 0.1) is 0 Å². The zero-order chi connectivity index (χ0) is 16.5. The van der Waals surface area contributed by atoms with Crippen molar-refractivity contribution in [3.05, 3.63) is 53.9 Å². The number of para-hydroxylation sites is 2. The van der Waals surface area contributed by atoms with Crippen LogP contribution in [0.4, 0.5) is 0 Å². The van der Waals surface area contributed by atoms with Crippen molar-refractivity contribution in [1.82, 2.24) is 24.6 Å². The van der Waals surface area contributed by atoms with Crippen LogP contribution in [0.25, 0.3) is 16.9 Å². The zero-order valence-corrected chi connectivity index (χ0v) is 12.8. The van der Waals surface area contributed by atoms with E-state index >= 15 is 0 Å². The van der Waals surface area contributed by atoms with Gasteiger partial charge in [0.1, 0.15) is 11.8 Å². The van der Waals surface area contributed by atoms with Crippen molar-refractivity contribution in [2.45, 2.75) is 20.0 Å². The van der Waals surface area contributed by atoms with E-state index in [0.29, 0.717) is 34.9 Å². The molecule has 0 bridgehead atoms. The molecular formula is C16H13N5O3. The van der Waals surface area contributed by atoms with E-state index in [1.54, 1.807) is 0 Å². The fourth-order valence-corrected chi connectivity index (χ4v) is 2.52. The molecule has 0 aliphatic heterocycles. The van der Waals surface area contributed by atoms with Gasteiger partial charge in [-0.05, 0) is 18.6 Å². The summed E-state index contributed by atoms with van der Waals surface area (Å²) in [7, 11) is 0. The zero-order valence-electron chi connectivity index (χ0n) is 12.8. The van der Waals surface area contributed by atoms with Gasteiger partial charge in [-0.25, -0.2) is 19.3 Å². The van der Waals surface area contributed by atoms with Crippen molar-refractivity contribution in [3.63, 3.8) is 0 Å².